The minimum absolute atomic E-state index is 0.117. The number of carbonyl (C=O) groups is 2. The van der Waals surface area contributed by atoms with Crippen molar-refractivity contribution in [1.29, 1.82) is 0 Å². The molecule has 0 saturated carbocycles. The normalized spacial score (nSPS) is 12.8. The summed E-state index contributed by atoms with van der Waals surface area (Å²) in [5.74, 6) is 0.136. The Hall–Kier alpha value is -2.93. The predicted molar refractivity (Wildman–Crippen MR) is 102 cm³/mol. The van der Waals surface area contributed by atoms with Gasteiger partial charge in [-0.15, -0.1) is 0 Å². The zero-order valence-corrected chi connectivity index (χ0v) is 15.3. The first-order valence-corrected chi connectivity index (χ1v) is 8.45. The van der Waals surface area contributed by atoms with Gasteiger partial charge < -0.3 is 14.8 Å². The van der Waals surface area contributed by atoms with Gasteiger partial charge in [-0.25, -0.2) is 0 Å². The number of carbonyl (C=O) groups excluding carboxylic acids is 2. The molecule has 0 saturated heterocycles. The molecule has 0 aliphatic carbocycles. The number of nitrogens with one attached hydrogen (secondary N) is 1. The molecule has 0 fully saturated rings. The Bertz CT molecular complexity index is 864. The summed E-state index contributed by atoms with van der Waals surface area (Å²) in [5, 5.41) is 3.10. The third kappa shape index (κ3) is 3.67. The highest BCUT2D eigenvalue weighted by molar-refractivity contribution is 7.80. The maximum Gasteiger partial charge on any atom is 0.261 e. The predicted octanol–water partition coefficient (Wildman–Crippen LogP) is 3.01. The van der Waals surface area contributed by atoms with E-state index < -0.39 is 0 Å². The lowest BCUT2D eigenvalue weighted by Crippen LogP contribution is -2.33. The Labute approximate surface area is 156 Å². The molecular weight excluding hydrogens is 352 g/mol. The zero-order chi connectivity index (χ0) is 18.7. The van der Waals surface area contributed by atoms with Crippen molar-refractivity contribution in [1.82, 2.24) is 4.90 Å². The van der Waals surface area contributed by atoms with Crippen molar-refractivity contribution in [2.75, 3.05) is 25.6 Å². The minimum atomic E-state index is -0.303. The van der Waals surface area contributed by atoms with Crippen LogP contribution in [0.3, 0.4) is 0 Å². The van der Waals surface area contributed by atoms with E-state index in [9.17, 15) is 9.59 Å². The number of methoxy groups -OCH3 is 1. The quantitative estimate of drug-likeness (QED) is 0.645. The van der Waals surface area contributed by atoms with E-state index in [4.69, 9.17) is 21.7 Å². The maximum absolute atomic E-state index is 12.4. The number of anilines is 1. The first-order valence-electron chi connectivity index (χ1n) is 8.04. The van der Waals surface area contributed by atoms with Gasteiger partial charge >= 0.3 is 0 Å². The summed E-state index contributed by atoms with van der Waals surface area (Å²) < 4.78 is 10.5. The van der Waals surface area contributed by atoms with E-state index in [2.05, 4.69) is 5.32 Å². The van der Waals surface area contributed by atoms with Gasteiger partial charge in [0.1, 0.15) is 12.4 Å². The van der Waals surface area contributed by atoms with Crippen molar-refractivity contribution in [3.63, 3.8) is 0 Å². The molecule has 0 unspecified atom stereocenters. The van der Waals surface area contributed by atoms with Crippen LogP contribution in [0.1, 0.15) is 26.3 Å². The van der Waals surface area contributed by atoms with E-state index >= 15 is 0 Å². The number of ether oxygens (including phenoxy) is 2. The summed E-state index contributed by atoms with van der Waals surface area (Å²) in [4.78, 5) is 25.9. The molecule has 7 heteroatoms. The lowest BCUT2D eigenvalue weighted by atomic mass is 10.1. The molecule has 0 radical (unpaired) electrons. The molecule has 0 bridgehead atoms. The average molecular weight is 370 g/mol. The molecule has 3 rings (SSSR count). The molecule has 1 heterocycles. The molecule has 2 amide bonds. The highest BCUT2D eigenvalue weighted by Gasteiger charge is 2.35. The summed E-state index contributed by atoms with van der Waals surface area (Å²) in [7, 11) is 1.59. The smallest absolute Gasteiger partial charge is 0.261 e. The number of rotatable bonds is 5. The van der Waals surface area contributed by atoms with Crippen molar-refractivity contribution in [2.24, 2.45) is 0 Å². The molecule has 2 aromatic rings. The lowest BCUT2D eigenvalue weighted by Gasteiger charge is -2.15. The number of hydrogen-bond donors (Lipinski definition) is 1. The molecule has 134 valence electrons. The standard InChI is InChI=1S/C19H18N2O4S/c1-12-3-8-15-16(11-12)18(23)21(17(15)22)9-10-25-19(26)20-13-4-6-14(24-2)7-5-13/h3-8,11H,9-10H2,1-2H3,(H,20,26). The van der Waals surface area contributed by atoms with Gasteiger partial charge in [0.05, 0.1) is 24.8 Å². The van der Waals surface area contributed by atoms with E-state index in [1.807, 2.05) is 13.0 Å². The fourth-order valence-electron chi connectivity index (χ4n) is 2.67. The molecular formula is C19H18N2O4S. The largest absolute Gasteiger partial charge is 0.497 e. The number of hydrogen-bond acceptors (Lipinski definition) is 5. The van der Waals surface area contributed by atoms with Crippen LogP contribution in [0, 0.1) is 6.92 Å². The summed E-state index contributed by atoms with van der Waals surface area (Å²) >= 11 is 5.13. The van der Waals surface area contributed by atoms with Gasteiger partial charge in [0.15, 0.2) is 0 Å². The molecule has 1 aliphatic rings. The minimum Gasteiger partial charge on any atom is -0.497 e. The summed E-state index contributed by atoms with van der Waals surface area (Å²) in [6.07, 6.45) is 0. The Kier molecular flexibility index (Phi) is 5.18. The van der Waals surface area contributed by atoms with E-state index in [-0.39, 0.29) is 30.1 Å². The molecule has 2 aromatic carbocycles. The topological polar surface area (TPSA) is 67.9 Å². The number of fused-ring (bicyclic) bond motifs is 1. The fourth-order valence-corrected chi connectivity index (χ4v) is 2.87. The van der Waals surface area contributed by atoms with Crippen molar-refractivity contribution < 1.29 is 19.1 Å². The molecule has 1 N–H and O–H groups in total. The van der Waals surface area contributed by atoms with Gasteiger partial charge in [0, 0.05) is 5.69 Å². The number of benzene rings is 2. The zero-order valence-electron chi connectivity index (χ0n) is 14.4. The Morgan fingerprint density at radius 3 is 2.46 bits per heavy atom. The average Bonchev–Trinajstić information content (AvgIpc) is 2.86. The van der Waals surface area contributed by atoms with Crippen molar-refractivity contribution in [3.05, 3.63) is 59.2 Å². The van der Waals surface area contributed by atoms with Gasteiger partial charge in [-0.1, -0.05) is 11.6 Å². The summed E-state index contributed by atoms with van der Waals surface area (Å²) in [6.45, 7) is 2.13. The second kappa shape index (κ2) is 7.53. The van der Waals surface area contributed by atoms with Crippen LogP contribution in [-0.4, -0.2) is 42.2 Å². The van der Waals surface area contributed by atoms with E-state index in [0.29, 0.717) is 11.1 Å². The number of thiocarbonyl (C=S) groups is 1. The van der Waals surface area contributed by atoms with Crippen LogP contribution in [0.25, 0.3) is 0 Å². The molecule has 6 nitrogen and oxygen atoms in total. The molecule has 1 aliphatic heterocycles. The number of amides is 2. The SMILES string of the molecule is COc1ccc(NC(=S)OCCN2C(=O)c3ccc(C)cc3C2=O)cc1. The lowest BCUT2D eigenvalue weighted by molar-refractivity contribution is 0.0629. The number of nitrogens with zero attached hydrogens (tertiary/aromatic N) is 1. The second-order valence-corrected chi connectivity index (χ2v) is 6.17. The highest BCUT2D eigenvalue weighted by Crippen LogP contribution is 2.23. The van der Waals surface area contributed by atoms with E-state index in [1.54, 1.807) is 43.5 Å². The Balaban J connectivity index is 1.52. The Morgan fingerprint density at radius 2 is 1.77 bits per heavy atom. The molecule has 0 spiro atoms. The van der Waals surface area contributed by atoms with Crippen LogP contribution in [-0.2, 0) is 4.74 Å². The summed E-state index contributed by atoms with van der Waals surface area (Å²) in [5.41, 5.74) is 2.56. The number of imide groups is 1. The van der Waals surface area contributed by atoms with Gasteiger partial charge in [-0.3, -0.25) is 14.5 Å². The van der Waals surface area contributed by atoms with E-state index in [1.165, 1.54) is 4.90 Å². The van der Waals surface area contributed by atoms with Gasteiger partial charge in [-0.05, 0) is 55.5 Å². The van der Waals surface area contributed by atoms with Gasteiger partial charge in [0.25, 0.3) is 17.0 Å². The van der Waals surface area contributed by atoms with E-state index in [0.717, 1.165) is 17.0 Å². The van der Waals surface area contributed by atoms with Crippen LogP contribution in [0.4, 0.5) is 5.69 Å². The monoisotopic (exact) mass is 370 g/mol. The molecule has 26 heavy (non-hydrogen) atoms. The van der Waals surface area contributed by atoms with Crippen LogP contribution >= 0.6 is 12.2 Å². The van der Waals surface area contributed by atoms with Crippen LogP contribution in [0.2, 0.25) is 0 Å². The number of aryl methyl sites for hydroxylation is 1. The fraction of sp³-hybridized carbons (Fsp3) is 0.211. The van der Waals surface area contributed by atoms with Gasteiger partial charge in [0.2, 0.25) is 0 Å². The Morgan fingerprint density at radius 1 is 1.08 bits per heavy atom. The van der Waals surface area contributed by atoms with Crippen LogP contribution in [0.5, 0.6) is 5.75 Å². The van der Waals surface area contributed by atoms with Crippen LogP contribution in [0.15, 0.2) is 42.5 Å². The second-order valence-electron chi connectivity index (χ2n) is 5.80. The van der Waals surface area contributed by atoms with Gasteiger partial charge in [-0.2, -0.15) is 0 Å². The first kappa shape index (κ1) is 17.9. The maximum atomic E-state index is 12.4. The first-order chi connectivity index (χ1) is 12.5. The highest BCUT2D eigenvalue weighted by atomic mass is 32.1. The van der Waals surface area contributed by atoms with Crippen molar-refractivity contribution in [3.8, 4) is 5.75 Å². The summed E-state index contributed by atoms with van der Waals surface area (Å²) in [6, 6.07) is 12.4. The molecule has 0 aromatic heterocycles. The third-order valence-corrected chi connectivity index (χ3v) is 4.23. The van der Waals surface area contributed by atoms with Crippen molar-refractivity contribution in [2.45, 2.75) is 6.92 Å². The molecule has 0 atom stereocenters. The van der Waals surface area contributed by atoms with Crippen molar-refractivity contribution >= 4 is 34.9 Å². The third-order valence-electron chi connectivity index (χ3n) is 4.01. The van der Waals surface area contributed by atoms with Crippen LogP contribution < -0.4 is 10.1 Å².